The van der Waals surface area contributed by atoms with Crippen molar-refractivity contribution in [1.82, 2.24) is 4.90 Å². The summed E-state index contributed by atoms with van der Waals surface area (Å²) in [4.78, 5) is 5.17. The normalized spacial score (nSPS) is 28.4. The first-order valence-electron chi connectivity index (χ1n) is 7.02. The van der Waals surface area contributed by atoms with Gasteiger partial charge in [-0.1, -0.05) is 12.1 Å². The molecule has 2 saturated heterocycles. The van der Waals surface area contributed by atoms with Crippen molar-refractivity contribution in [2.75, 3.05) is 30.3 Å². The molecule has 0 bridgehead atoms. The minimum absolute atomic E-state index is 0.558. The highest BCUT2D eigenvalue weighted by Gasteiger charge is 2.35. The van der Waals surface area contributed by atoms with Crippen molar-refractivity contribution in [3.63, 3.8) is 0 Å². The highest BCUT2D eigenvalue weighted by Crippen LogP contribution is 2.33. The Morgan fingerprint density at radius 1 is 1.28 bits per heavy atom. The number of anilines is 2. The number of nitrogens with two attached hydrogens (primary N) is 1. The van der Waals surface area contributed by atoms with E-state index in [1.165, 1.54) is 37.2 Å². The van der Waals surface area contributed by atoms with Gasteiger partial charge in [-0.25, -0.2) is 0 Å². The molecule has 0 aromatic heterocycles. The number of hydrogen-bond acceptors (Lipinski definition) is 3. The highest BCUT2D eigenvalue weighted by molar-refractivity contribution is 5.72. The number of para-hydroxylation sites is 1. The third kappa shape index (κ3) is 1.87. The summed E-state index contributed by atoms with van der Waals surface area (Å²) in [5.74, 6) is 0. The van der Waals surface area contributed by atoms with Crippen LogP contribution < -0.4 is 10.6 Å². The first-order chi connectivity index (χ1) is 8.66. The lowest BCUT2D eigenvalue weighted by Gasteiger charge is -2.44. The zero-order valence-electron chi connectivity index (χ0n) is 11.4. The molecule has 2 heterocycles. The molecular weight excluding hydrogens is 222 g/mol. The average molecular weight is 245 g/mol. The first-order valence-corrected chi connectivity index (χ1v) is 7.02. The number of piperazine rings is 1. The molecule has 18 heavy (non-hydrogen) atoms. The molecule has 0 amide bonds. The molecule has 3 heteroatoms. The molecule has 0 aliphatic carbocycles. The van der Waals surface area contributed by atoms with Gasteiger partial charge in [-0.3, -0.25) is 4.90 Å². The summed E-state index contributed by atoms with van der Waals surface area (Å²) in [6.45, 7) is 8.08. The maximum atomic E-state index is 6.20. The van der Waals surface area contributed by atoms with E-state index in [4.69, 9.17) is 5.73 Å². The Morgan fingerprint density at radius 3 is 2.89 bits per heavy atom. The van der Waals surface area contributed by atoms with E-state index in [9.17, 15) is 0 Å². The van der Waals surface area contributed by atoms with Crippen molar-refractivity contribution >= 4 is 11.4 Å². The van der Waals surface area contributed by atoms with E-state index < -0.39 is 0 Å². The van der Waals surface area contributed by atoms with Gasteiger partial charge in [-0.15, -0.1) is 0 Å². The van der Waals surface area contributed by atoms with Gasteiger partial charge in [0.2, 0.25) is 0 Å². The Balaban J connectivity index is 1.91. The minimum Gasteiger partial charge on any atom is -0.397 e. The Labute approximate surface area is 110 Å². The molecule has 2 N–H and O–H groups in total. The molecule has 1 aromatic carbocycles. The van der Waals surface area contributed by atoms with Crippen LogP contribution in [0.4, 0.5) is 11.4 Å². The maximum Gasteiger partial charge on any atom is 0.0633 e. The van der Waals surface area contributed by atoms with E-state index in [0.29, 0.717) is 6.04 Å². The van der Waals surface area contributed by atoms with E-state index >= 15 is 0 Å². The predicted molar refractivity (Wildman–Crippen MR) is 77.0 cm³/mol. The lowest BCUT2D eigenvalue weighted by Crippen LogP contribution is -2.55. The quantitative estimate of drug-likeness (QED) is 0.770. The van der Waals surface area contributed by atoms with Crippen molar-refractivity contribution in [2.24, 2.45) is 0 Å². The summed E-state index contributed by atoms with van der Waals surface area (Å²) in [6.07, 6.45) is 2.70. The van der Waals surface area contributed by atoms with Crippen molar-refractivity contribution in [3.8, 4) is 0 Å². The average Bonchev–Trinajstić information content (AvgIpc) is 2.76. The van der Waals surface area contributed by atoms with Crippen LogP contribution >= 0.6 is 0 Å². The topological polar surface area (TPSA) is 32.5 Å². The molecule has 2 aliphatic rings. The van der Waals surface area contributed by atoms with Gasteiger partial charge in [0.15, 0.2) is 0 Å². The smallest absolute Gasteiger partial charge is 0.0633 e. The van der Waals surface area contributed by atoms with E-state index in [1.54, 1.807) is 0 Å². The van der Waals surface area contributed by atoms with Crippen LogP contribution in [0.3, 0.4) is 0 Å². The Kier molecular flexibility index (Phi) is 2.94. The summed E-state index contributed by atoms with van der Waals surface area (Å²) in [5, 5.41) is 0. The van der Waals surface area contributed by atoms with E-state index in [2.05, 4.69) is 29.7 Å². The summed E-state index contributed by atoms with van der Waals surface area (Å²) >= 11 is 0. The van der Waals surface area contributed by atoms with Crippen LogP contribution in [0.15, 0.2) is 18.2 Å². The Morgan fingerprint density at radius 2 is 2.11 bits per heavy atom. The van der Waals surface area contributed by atoms with Crippen LogP contribution in [0.5, 0.6) is 0 Å². The fourth-order valence-corrected chi connectivity index (χ4v) is 3.57. The monoisotopic (exact) mass is 245 g/mol. The summed E-state index contributed by atoms with van der Waals surface area (Å²) in [7, 11) is 0. The predicted octanol–water partition coefficient (Wildman–Crippen LogP) is 2.25. The summed E-state index contributed by atoms with van der Waals surface area (Å²) in [6, 6.07) is 7.53. The van der Waals surface area contributed by atoms with Crippen LogP contribution in [0.1, 0.15) is 25.3 Å². The number of hydrogen-bond donors (Lipinski definition) is 1. The third-order valence-corrected chi connectivity index (χ3v) is 4.49. The minimum atomic E-state index is 0.558. The Hall–Kier alpha value is -1.22. The third-order valence-electron chi connectivity index (χ3n) is 4.49. The van der Waals surface area contributed by atoms with E-state index in [1.807, 2.05) is 12.1 Å². The van der Waals surface area contributed by atoms with Gasteiger partial charge >= 0.3 is 0 Å². The van der Waals surface area contributed by atoms with E-state index in [0.717, 1.165) is 18.3 Å². The SMILES string of the molecule is Cc1cccc(N)c1N1CC2CCCN2CC1C. The van der Waals surface area contributed by atoms with Gasteiger partial charge in [0.05, 0.1) is 11.4 Å². The highest BCUT2D eigenvalue weighted by atomic mass is 15.3. The number of nitrogens with zero attached hydrogens (tertiary/aromatic N) is 2. The molecule has 3 nitrogen and oxygen atoms in total. The maximum absolute atomic E-state index is 6.20. The molecule has 0 saturated carbocycles. The molecule has 0 spiro atoms. The first kappa shape index (κ1) is 11.8. The number of benzene rings is 1. The van der Waals surface area contributed by atoms with Crippen LogP contribution in [0.2, 0.25) is 0 Å². The second kappa shape index (κ2) is 4.47. The van der Waals surface area contributed by atoms with Crippen molar-refractivity contribution in [1.29, 1.82) is 0 Å². The van der Waals surface area contributed by atoms with Crippen molar-refractivity contribution in [3.05, 3.63) is 23.8 Å². The molecule has 3 rings (SSSR count). The van der Waals surface area contributed by atoms with Gasteiger partial charge in [0.1, 0.15) is 0 Å². The number of fused-ring (bicyclic) bond motifs is 1. The lowest BCUT2D eigenvalue weighted by molar-refractivity contribution is 0.203. The molecule has 2 atom stereocenters. The second-order valence-corrected chi connectivity index (χ2v) is 5.81. The lowest BCUT2D eigenvalue weighted by atomic mass is 10.0. The van der Waals surface area contributed by atoms with Gasteiger partial charge < -0.3 is 10.6 Å². The van der Waals surface area contributed by atoms with Crippen molar-refractivity contribution < 1.29 is 0 Å². The van der Waals surface area contributed by atoms with Crippen LogP contribution in [-0.2, 0) is 0 Å². The molecular formula is C15H23N3. The molecule has 2 unspecified atom stereocenters. The second-order valence-electron chi connectivity index (χ2n) is 5.81. The standard InChI is InChI=1S/C15H23N3/c1-11-5-3-7-14(16)15(11)18-10-13-6-4-8-17(13)9-12(18)2/h3,5,7,12-13H,4,6,8-10,16H2,1-2H3. The fourth-order valence-electron chi connectivity index (χ4n) is 3.57. The van der Waals surface area contributed by atoms with Crippen LogP contribution in [-0.4, -0.2) is 36.6 Å². The van der Waals surface area contributed by atoms with E-state index in [-0.39, 0.29) is 0 Å². The molecule has 0 radical (unpaired) electrons. The summed E-state index contributed by atoms with van der Waals surface area (Å²) < 4.78 is 0. The van der Waals surface area contributed by atoms with Crippen LogP contribution in [0, 0.1) is 6.92 Å². The number of nitrogen functional groups attached to an aromatic ring is 1. The molecule has 2 fully saturated rings. The van der Waals surface area contributed by atoms with Crippen molar-refractivity contribution in [2.45, 2.75) is 38.8 Å². The van der Waals surface area contributed by atoms with Crippen LogP contribution in [0.25, 0.3) is 0 Å². The zero-order valence-corrected chi connectivity index (χ0v) is 11.4. The number of aryl methyl sites for hydroxylation is 1. The van der Waals surface area contributed by atoms with Gasteiger partial charge in [0, 0.05) is 25.2 Å². The van der Waals surface area contributed by atoms with Gasteiger partial charge in [0.25, 0.3) is 0 Å². The number of rotatable bonds is 1. The fraction of sp³-hybridized carbons (Fsp3) is 0.600. The molecule has 1 aromatic rings. The van der Waals surface area contributed by atoms with Gasteiger partial charge in [-0.2, -0.15) is 0 Å². The Bertz CT molecular complexity index is 423. The zero-order chi connectivity index (χ0) is 12.7. The molecule has 2 aliphatic heterocycles. The largest absolute Gasteiger partial charge is 0.397 e. The molecule has 98 valence electrons. The van der Waals surface area contributed by atoms with Gasteiger partial charge in [-0.05, 0) is 44.9 Å². The summed E-state index contributed by atoms with van der Waals surface area (Å²) in [5.41, 5.74) is 9.68.